The van der Waals surface area contributed by atoms with Gasteiger partial charge in [0.25, 0.3) is 5.91 Å². The Bertz CT molecular complexity index is 648. The Morgan fingerprint density at radius 2 is 2.05 bits per heavy atom. The molecule has 0 radical (unpaired) electrons. The second-order valence-corrected chi connectivity index (χ2v) is 5.92. The van der Waals surface area contributed by atoms with E-state index >= 15 is 0 Å². The van der Waals surface area contributed by atoms with E-state index < -0.39 is 0 Å². The van der Waals surface area contributed by atoms with Crippen molar-refractivity contribution in [1.29, 1.82) is 0 Å². The standard InChI is InChI=1S/C16H17BrN2O2/c17-11-16(6-9-21-10-7-16)19-15(20)13-5-8-18-14-4-2-1-3-12(13)14/h1-5,8H,6-7,9-11H2,(H,19,20). The highest BCUT2D eigenvalue weighted by Gasteiger charge is 2.33. The molecule has 21 heavy (non-hydrogen) atoms. The molecule has 110 valence electrons. The van der Waals surface area contributed by atoms with Gasteiger partial charge in [0, 0.05) is 30.1 Å². The minimum Gasteiger partial charge on any atom is -0.381 e. The first-order chi connectivity index (χ1) is 10.2. The summed E-state index contributed by atoms with van der Waals surface area (Å²) < 4.78 is 5.40. The predicted octanol–water partition coefficient (Wildman–Crippen LogP) is 2.91. The van der Waals surface area contributed by atoms with Crippen LogP contribution in [0, 0.1) is 0 Å². The number of aromatic nitrogens is 1. The van der Waals surface area contributed by atoms with E-state index in [0.29, 0.717) is 18.8 Å². The van der Waals surface area contributed by atoms with Crippen molar-refractivity contribution in [2.45, 2.75) is 18.4 Å². The molecule has 4 nitrogen and oxygen atoms in total. The summed E-state index contributed by atoms with van der Waals surface area (Å²) in [4.78, 5) is 17.0. The molecule has 0 unspecified atom stereocenters. The van der Waals surface area contributed by atoms with Gasteiger partial charge in [-0.25, -0.2) is 0 Å². The number of halogens is 1. The molecule has 3 rings (SSSR count). The highest BCUT2D eigenvalue weighted by molar-refractivity contribution is 9.09. The van der Waals surface area contributed by atoms with Gasteiger partial charge in [0.2, 0.25) is 0 Å². The fraction of sp³-hybridized carbons (Fsp3) is 0.375. The molecule has 1 aromatic carbocycles. The number of alkyl halides is 1. The number of hydrogen-bond acceptors (Lipinski definition) is 3. The van der Waals surface area contributed by atoms with Crippen molar-refractivity contribution in [3.8, 4) is 0 Å². The number of benzene rings is 1. The zero-order valence-corrected chi connectivity index (χ0v) is 13.2. The molecule has 5 heteroatoms. The van der Waals surface area contributed by atoms with Crippen LogP contribution >= 0.6 is 15.9 Å². The average molecular weight is 349 g/mol. The lowest BCUT2D eigenvalue weighted by Gasteiger charge is -2.36. The zero-order chi connectivity index (χ0) is 14.7. The Hall–Kier alpha value is -1.46. The Morgan fingerprint density at radius 3 is 2.81 bits per heavy atom. The summed E-state index contributed by atoms with van der Waals surface area (Å²) in [6.45, 7) is 1.37. The van der Waals surface area contributed by atoms with Crippen LogP contribution < -0.4 is 5.32 Å². The van der Waals surface area contributed by atoms with Crippen LogP contribution in [-0.2, 0) is 4.74 Å². The van der Waals surface area contributed by atoms with E-state index in [-0.39, 0.29) is 11.4 Å². The summed E-state index contributed by atoms with van der Waals surface area (Å²) >= 11 is 3.54. The van der Waals surface area contributed by atoms with Gasteiger partial charge in [0.05, 0.1) is 16.6 Å². The first-order valence-electron chi connectivity index (χ1n) is 7.04. The third-order valence-electron chi connectivity index (χ3n) is 3.98. The van der Waals surface area contributed by atoms with Crippen molar-refractivity contribution in [3.63, 3.8) is 0 Å². The molecule has 0 aliphatic carbocycles. The van der Waals surface area contributed by atoms with Gasteiger partial charge in [-0.15, -0.1) is 0 Å². The molecule has 1 N–H and O–H groups in total. The summed E-state index contributed by atoms with van der Waals surface area (Å²) in [5.41, 5.74) is 1.29. The fourth-order valence-corrected chi connectivity index (χ4v) is 3.36. The molecule has 1 saturated heterocycles. The molecule has 2 heterocycles. The number of carbonyl (C=O) groups excluding carboxylic acids is 1. The number of pyridine rings is 1. The van der Waals surface area contributed by atoms with E-state index in [4.69, 9.17) is 4.74 Å². The SMILES string of the molecule is O=C(NC1(CBr)CCOCC1)c1ccnc2ccccc12. The van der Waals surface area contributed by atoms with Gasteiger partial charge >= 0.3 is 0 Å². The third-order valence-corrected chi connectivity index (χ3v) is 5.05. The summed E-state index contributed by atoms with van der Waals surface area (Å²) in [5.74, 6) is -0.0463. The van der Waals surface area contributed by atoms with Gasteiger partial charge in [-0.1, -0.05) is 34.1 Å². The molecular formula is C16H17BrN2O2. The molecule has 0 saturated carbocycles. The molecule has 0 atom stereocenters. The maximum atomic E-state index is 12.7. The van der Waals surface area contributed by atoms with Gasteiger partial charge in [0.1, 0.15) is 0 Å². The second-order valence-electron chi connectivity index (χ2n) is 5.36. The largest absolute Gasteiger partial charge is 0.381 e. The third kappa shape index (κ3) is 2.94. The molecule has 2 aromatic rings. The molecule has 1 aliphatic rings. The number of ether oxygens (including phenoxy) is 1. The van der Waals surface area contributed by atoms with Gasteiger partial charge < -0.3 is 10.1 Å². The van der Waals surface area contributed by atoms with E-state index in [1.165, 1.54) is 0 Å². The van der Waals surface area contributed by atoms with Crippen LogP contribution in [0.5, 0.6) is 0 Å². The second kappa shape index (κ2) is 6.12. The fourth-order valence-electron chi connectivity index (χ4n) is 2.66. The van der Waals surface area contributed by atoms with Crippen LogP contribution in [0.3, 0.4) is 0 Å². The van der Waals surface area contributed by atoms with E-state index in [9.17, 15) is 4.79 Å². The van der Waals surface area contributed by atoms with Crippen molar-refractivity contribution >= 4 is 32.7 Å². The normalized spacial score (nSPS) is 17.6. The molecular weight excluding hydrogens is 332 g/mol. The maximum Gasteiger partial charge on any atom is 0.252 e. The number of amides is 1. The zero-order valence-electron chi connectivity index (χ0n) is 11.6. The molecule has 0 spiro atoms. The van der Waals surface area contributed by atoms with Crippen molar-refractivity contribution in [2.24, 2.45) is 0 Å². The summed E-state index contributed by atoms with van der Waals surface area (Å²) in [6.07, 6.45) is 3.34. The van der Waals surface area contributed by atoms with Crippen molar-refractivity contribution in [3.05, 3.63) is 42.1 Å². The monoisotopic (exact) mass is 348 g/mol. The summed E-state index contributed by atoms with van der Waals surface area (Å²) in [7, 11) is 0. The van der Waals surface area contributed by atoms with E-state index in [1.807, 2.05) is 24.3 Å². The number of rotatable bonds is 3. The molecule has 0 bridgehead atoms. The Morgan fingerprint density at radius 1 is 1.29 bits per heavy atom. The minimum absolute atomic E-state index is 0.0463. The molecule has 1 amide bonds. The predicted molar refractivity (Wildman–Crippen MR) is 85.8 cm³/mol. The van der Waals surface area contributed by atoms with Crippen molar-refractivity contribution < 1.29 is 9.53 Å². The summed E-state index contributed by atoms with van der Waals surface area (Å²) in [5, 5.41) is 4.81. The first kappa shape index (κ1) is 14.5. The number of nitrogens with zero attached hydrogens (tertiary/aromatic N) is 1. The highest BCUT2D eigenvalue weighted by Crippen LogP contribution is 2.24. The molecule has 1 aromatic heterocycles. The number of nitrogens with one attached hydrogen (secondary N) is 1. The van der Waals surface area contributed by atoms with E-state index in [2.05, 4.69) is 26.2 Å². The Kier molecular flexibility index (Phi) is 4.22. The van der Waals surface area contributed by atoms with Gasteiger partial charge in [-0.3, -0.25) is 9.78 Å². The Balaban J connectivity index is 1.90. The Labute approximate surface area is 132 Å². The topological polar surface area (TPSA) is 51.2 Å². The summed E-state index contributed by atoms with van der Waals surface area (Å²) in [6, 6.07) is 9.48. The van der Waals surface area contributed by atoms with Crippen LogP contribution in [0.1, 0.15) is 23.2 Å². The maximum absolute atomic E-state index is 12.7. The smallest absolute Gasteiger partial charge is 0.252 e. The quantitative estimate of drug-likeness (QED) is 0.867. The lowest BCUT2D eigenvalue weighted by atomic mass is 9.92. The van der Waals surface area contributed by atoms with Gasteiger partial charge in [-0.05, 0) is 25.0 Å². The van der Waals surface area contributed by atoms with Crippen molar-refractivity contribution in [1.82, 2.24) is 10.3 Å². The van der Waals surface area contributed by atoms with E-state index in [0.717, 1.165) is 29.1 Å². The number of fused-ring (bicyclic) bond motifs is 1. The van der Waals surface area contributed by atoms with E-state index in [1.54, 1.807) is 12.3 Å². The molecule has 1 fully saturated rings. The van der Waals surface area contributed by atoms with Crippen LogP contribution in [0.2, 0.25) is 0 Å². The van der Waals surface area contributed by atoms with Crippen LogP contribution in [-0.4, -0.2) is 35.0 Å². The number of hydrogen-bond donors (Lipinski definition) is 1. The van der Waals surface area contributed by atoms with Crippen LogP contribution in [0.4, 0.5) is 0 Å². The minimum atomic E-state index is -0.223. The first-order valence-corrected chi connectivity index (χ1v) is 8.16. The average Bonchev–Trinajstić information content (AvgIpc) is 2.55. The highest BCUT2D eigenvalue weighted by atomic mass is 79.9. The lowest BCUT2D eigenvalue weighted by Crippen LogP contribution is -2.53. The van der Waals surface area contributed by atoms with Crippen LogP contribution in [0.25, 0.3) is 10.9 Å². The molecule has 1 aliphatic heterocycles. The van der Waals surface area contributed by atoms with Crippen LogP contribution in [0.15, 0.2) is 36.5 Å². The number of para-hydroxylation sites is 1. The van der Waals surface area contributed by atoms with Gasteiger partial charge in [0.15, 0.2) is 0 Å². The van der Waals surface area contributed by atoms with Crippen molar-refractivity contribution in [2.75, 3.05) is 18.5 Å². The van der Waals surface area contributed by atoms with Gasteiger partial charge in [-0.2, -0.15) is 0 Å². The number of carbonyl (C=O) groups is 1. The lowest BCUT2D eigenvalue weighted by molar-refractivity contribution is 0.0442.